The van der Waals surface area contributed by atoms with E-state index in [2.05, 4.69) is 5.10 Å². The van der Waals surface area contributed by atoms with Gasteiger partial charge in [0.1, 0.15) is 5.56 Å². The maximum atomic E-state index is 11.2. The van der Waals surface area contributed by atoms with E-state index in [4.69, 9.17) is 5.11 Å². The molecule has 0 aliphatic carbocycles. The van der Waals surface area contributed by atoms with Gasteiger partial charge in [0.2, 0.25) is 0 Å². The number of nitrogens with zero attached hydrogens (tertiary/aromatic N) is 2. The van der Waals surface area contributed by atoms with Crippen LogP contribution in [0, 0.1) is 27.7 Å². The lowest BCUT2D eigenvalue weighted by atomic mass is 10.1. The van der Waals surface area contributed by atoms with E-state index < -0.39 is 5.97 Å². The van der Waals surface area contributed by atoms with Crippen molar-refractivity contribution >= 4 is 5.97 Å². The normalized spacial score (nSPS) is 10.7. The highest BCUT2D eigenvalue weighted by atomic mass is 16.4. The van der Waals surface area contributed by atoms with Crippen molar-refractivity contribution in [1.29, 1.82) is 0 Å². The number of carboxylic acid groups (broad SMARTS) is 1. The van der Waals surface area contributed by atoms with E-state index in [0.717, 1.165) is 11.3 Å². The van der Waals surface area contributed by atoms with Gasteiger partial charge in [-0.05, 0) is 51.0 Å². The topological polar surface area (TPSA) is 55.1 Å². The summed E-state index contributed by atoms with van der Waals surface area (Å²) >= 11 is 0. The molecule has 0 aliphatic rings. The van der Waals surface area contributed by atoms with Crippen molar-refractivity contribution in [3.63, 3.8) is 0 Å². The summed E-state index contributed by atoms with van der Waals surface area (Å²) in [6.07, 6.45) is 0. The molecule has 4 heteroatoms. The SMILES string of the molecule is Cc1ccc(-n2nc(C)c(C(=O)O)c2C)cc1C. The maximum Gasteiger partial charge on any atom is 0.339 e. The Kier molecular flexibility index (Phi) is 2.95. The molecule has 0 fully saturated rings. The molecule has 0 radical (unpaired) electrons. The zero-order chi connectivity index (χ0) is 13.4. The van der Waals surface area contributed by atoms with Crippen LogP contribution in [0.25, 0.3) is 5.69 Å². The van der Waals surface area contributed by atoms with Gasteiger partial charge < -0.3 is 5.11 Å². The molecule has 18 heavy (non-hydrogen) atoms. The first kappa shape index (κ1) is 12.4. The number of aromatic nitrogens is 2. The highest BCUT2D eigenvalue weighted by Crippen LogP contribution is 2.19. The standard InChI is InChI=1S/C14H16N2O2/c1-8-5-6-12(7-9(8)2)16-11(4)13(14(17)18)10(3)15-16/h5-7H,1-4H3,(H,17,18). The Bertz CT molecular complexity index is 627. The second-order valence-electron chi connectivity index (χ2n) is 4.53. The summed E-state index contributed by atoms with van der Waals surface area (Å²) in [7, 11) is 0. The Morgan fingerprint density at radius 2 is 1.83 bits per heavy atom. The van der Waals surface area contributed by atoms with Gasteiger partial charge >= 0.3 is 5.97 Å². The van der Waals surface area contributed by atoms with Crippen LogP contribution < -0.4 is 0 Å². The minimum Gasteiger partial charge on any atom is -0.478 e. The smallest absolute Gasteiger partial charge is 0.339 e. The van der Waals surface area contributed by atoms with Gasteiger partial charge in [0, 0.05) is 0 Å². The third kappa shape index (κ3) is 1.90. The van der Waals surface area contributed by atoms with Gasteiger partial charge in [-0.2, -0.15) is 5.10 Å². The first-order valence-corrected chi connectivity index (χ1v) is 5.79. The van der Waals surface area contributed by atoms with E-state index >= 15 is 0 Å². The van der Waals surface area contributed by atoms with Crippen molar-refractivity contribution < 1.29 is 9.90 Å². The fourth-order valence-corrected chi connectivity index (χ4v) is 2.06. The Labute approximate surface area is 106 Å². The molecule has 1 aromatic heterocycles. The van der Waals surface area contributed by atoms with Gasteiger partial charge in [-0.3, -0.25) is 0 Å². The zero-order valence-corrected chi connectivity index (χ0v) is 11.0. The largest absolute Gasteiger partial charge is 0.478 e. The quantitative estimate of drug-likeness (QED) is 0.883. The molecule has 1 heterocycles. The fourth-order valence-electron chi connectivity index (χ4n) is 2.06. The second kappa shape index (κ2) is 4.29. The molecular weight excluding hydrogens is 228 g/mol. The first-order chi connectivity index (χ1) is 8.41. The summed E-state index contributed by atoms with van der Waals surface area (Å²) in [4.78, 5) is 11.2. The summed E-state index contributed by atoms with van der Waals surface area (Å²) < 4.78 is 1.69. The number of hydrogen-bond acceptors (Lipinski definition) is 2. The number of carbonyl (C=O) groups is 1. The number of aromatic carboxylic acids is 1. The van der Waals surface area contributed by atoms with Crippen LogP contribution in [0.3, 0.4) is 0 Å². The Balaban J connectivity index is 2.61. The molecule has 0 aliphatic heterocycles. The molecule has 0 atom stereocenters. The van der Waals surface area contributed by atoms with E-state index in [0.29, 0.717) is 11.4 Å². The molecule has 0 unspecified atom stereocenters. The van der Waals surface area contributed by atoms with Gasteiger partial charge in [0.25, 0.3) is 0 Å². The summed E-state index contributed by atoms with van der Waals surface area (Å²) in [5, 5.41) is 13.5. The third-order valence-corrected chi connectivity index (χ3v) is 3.24. The molecule has 0 amide bonds. The summed E-state index contributed by atoms with van der Waals surface area (Å²) in [5.74, 6) is -0.930. The minimum absolute atomic E-state index is 0.285. The van der Waals surface area contributed by atoms with Gasteiger partial charge in [-0.25, -0.2) is 9.48 Å². The van der Waals surface area contributed by atoms with Gasteiger partial charge in [-0.1, -0.05) is 6.07 Å². The number of benzene rings is 1. The zero-order valence-electron chi connectivity index (χ0n) is 11.0. The van der Waals surface area contributed by atoms with Gasteiger partial charge in [-0.15, -0.1) is 0 Å². The summed E-state index contributed by atoms with van der Waals surface area (Å²) in [5.41, 5.74) is 4.75. The van der Waals surface area contributed by atoms with Crippen molar-refractivity contribution in [2.24, 2.45) is 0 Å². The molecule has 1 N–H and O–H groups in total. The Morgan fingerprint density at radius 1 is 1.17 bits per heavy atom. The van der Waals surface area contributed by atoms with E-state index in [1.165, 1.54) is 5.56 Å². The van der Waals surface area contributed by atoms with Crippen LogP contribution in [-0.2, 0) is 0 Å². The highest BCUT2D eigenvalue weighted by Gasteiger charge is 2.18. The van der Waals surface area contributed by atoms with Crippen molar-refractivity contribution in [3.05, 3.63) is 46.3 Å². The lowest BCUT2D eigenvalue weighted by Crippen LogP contribution is -2.03. The minimum atomic E-state index is -0.930. The van der Waals surface area contributed by atoms with Gasteiger partial charge in [0.05, 0.1) is 17.1 Å². The molecular formula is C14H16N2O2. The molecule has 94 valence electrons. The lowest BCUT2D eigenvalue weighted by Gasteiger charge is -2.07. The molecule has 4 nitrogen and oxygen atoms in total. The van der Waals surface area contributed by atoms with Crippen LogP contribution in [0.5, 0.6) is 0 Å². The molecule has 0 saturated heterocycles. The fraction of sp³-hybridized carbons (Fsp3) is 0.286. The van der Waals surface area contributed by atoms with Crippen molar-refractivity contribution in [1.82, 2.24) is 9.78 Å². The van der Waals surface area contributed by atoms with Crippen LogP contribution in [0.1, 0.15) is 32.9 Å². The van der Waals surface area contributed by atoms with Crippen molar-refractivity contribution in [2.45, 2.75) is 27.7 Å². The van der Waals surface area contributed by atoms with E-state index in [1.807, 2.05) is 32.0 Å². The monoisotopic (exact) mass is 244 g/mol. The second-order valence-corrected chi connectivity index (χ2v) is 4.53. The number of rotatable bonds is 2. The Morgan fingerprint density at radius 3 is 2.33 bits per heavy atom. The highest BCUT2D eigenvalue weighted by molar-refractivity contribution is 5.90. The predicted molar refractivity (Wildman–Crippen MR) is 69.5 cm³/mol. The number of hydrogen-bond donors (Lipinski definition) is 1. The third-order valence-electron chi connectivity index (χ3n) is 3.24. The number of aryl methyl sites for hydroxylation is 3. The van der Waals surface area contributed by atoms with Gasteiger partial charge in [0.15, 0.2) is 0 Å². The molecule has 1 aromatic carbocycles. The van der Waals surface area contributed by atoms with E-state index in [1.54, 1.807) is 18.5 Å². The van der Waals surface area contributed by atoms with Crippen molar-refractivity contribution in [3.8, 4) is 5.69 Å². The van der Waals surface area contributed by atoms with Crippen LogP contribution in [0.4, 0.5) is 0 Å². The first-order valence-electron chi connectivity index (χ1n) is 5.79. The average Bonchev–Trinajstić information content (AvgIpc) is 2.58. The van der Waals surface area contributed by atoms with Crippen LogP contribution >= 0.6 is 0 Å². The maximum absolute atomic E-state index is 11.2. The lowest BCUT2D eigenvalue weighted by molar-refractivity contribution is 0.0695. The molecule has 0 spiro atoms. The molecule has 0 saturated carbocycles. The van der Waals surface area contributed by atoms with Crippen molar-refractivity contribution in [2.75, 3.05) is 0 Å². The van der Waals surface area contributed by atoms with Crippen LogP contribution in [0.15, 0.2) is 18.2 Å². The van der Waals surface area contributed by atoms with E-state index in [9.17, 15) is 4.79 Å². The molecule has 0 bridgehead atoms. The van der Waals surface area contributed by atoms with Crippen LogP contribution in [0.2, 0.25) is 0 Å². The molecule has 2 rings (SSSR count). The molecule has 2 aromatic rings. The predicted octanol–water partition coefficient (Wildman–Crippen LogP) is 2.80. The summed E-state index contributed by atoms with van der Waals surface area (Å²) in [6, 6.07) is 5.98. The summed E-state index contributed by atoms with van der Waals surface area (Å²) in [6.45, 7) is 7.57. The number of carboxylic acids is 1. The van der Waals surface area contributed by atoms with Crippen LogP contribution in [-0.4, -0.2) is 20.9 Å². The van der Waals surface area contributed by atoms with E-state index in [-0.39, 0.29) is 5.56 Å². The average molecular weight is 244 g/mol. The Hall–Kier alpha value is -2.10.